The third-order valence-corrected chi connectivity index (χ3v) is 6.73. The zero-order valence-corrected chi connectivity index (χ0v) is 14.4. The van der Waals surface area contributed by atoms with Crippen molar-refractivity contribution in [1.82, 2.24) is 9.62 Å². The van der Waals surface area contributed by atoms with Crippen LogP contribution in [0.15, 0.2) is 46.7 Å². The van der Waals surface area contributed by atoms with Crippen LogP contribution < -0.4 is 5.32 Å². The number of thiophene rings is 1. The van der Waals surface area contributed by atoms with Gasteiger partial charge in [-0.1, -0.05) is 12.1 Å². The summed E-state index contributed by atoms with van der Waals surface area (Å²) in [6, 6.07) is 8.53. The fourth-order valence-electron chi connectivity index (χ4n) is 2.68. The molecule has 1 fully saturated rings. The fraction of sp³-hybridized carbons (Fsp3) is 0.312. The Labute approximate surface area is 144 Å². The molecule has 1 aromatic carbocycles. The van der Waals surface area contributed by atoms with Gasteiger partial charge in [0.2, 0.25) is 10.0 Å². The van der Waals surface area contributed by atoms with Gasteiger partial charge in [-0.15, -0.1) is 11.3 Å². The lowest BCUT2D eigenvalue weighted by Crippen LogP contribution is -2.46. The van der Waals surface area contributed by atoms with Gasteiger partial charge in [0.05, 0.1) is 9.77 Å². The molecule has 0 saturated carbocycles. The smallest absolute Gasteiger partial charge is 0.261 e. The highest BCUT2D eigenvalue weighted by Gasteiger charge is 2.30. The molecule has 1 amide bonds. The summed E-state index contributed by atoms with van der Waals surface area (Å²) in [5.41, 5.74) is 0. The van der Waals surface area contributed by atoms with Gasteiger partial charge in [-0.2, -0.15) is 4.31 Å². The molecule has 8 heteroatoms. The fourth-order valence-corrected chi connectivity index (χ4v) is 4.81. The van der Waals surface area contributed by atoms with Gasteiger partial charge >= 0.3 is 0 Å². The molecule has 128 valence electrons. The maximum absolute atomic E-state index is 13.3. The monoisotopic (exact) mass is 368 g/mol. The number of hydrogen-bond donors (Lipinski definition) is 1. The minimum absolute atomic E-state index is 0.0384. The number of nitrogens with zero attached hydrogens (tertiary/aromatic N) is 1. The average molecular weight is 368 g/mol. The Bertz CT molecular complexity index is 814. The molecule has 2 aromatic rings. The van der Waals surface area contributed by atoms with E-state index in [0.717, 1.165) is 6.07 Å². The van der Waals surface area contributed by atoms with Crippen LogP contribution in [0.2, 0.25) is 0 Å². The Hall–Kier alpha value is -1.77. The molecular weight excluding hydrogens is 351 g/mol. The molecule has 0 unspecified atom stereocenters. The number of piperidine rings is 1. The maximum atomic E-state index is 13.3. The average Bonchev–Trinajstić information content (AvgIpc) is 3.10. The summed E-state index contributed by atoms with van der Waals surface area (Å²) >= 11 is 1.37. The van der Waals surface area contributed by atoms with Crippen molar-refractivity contribution in [3.05, 3.63) is 52.5 Å². The predicted octanol–water partition coefficient (Wildman–Crippen LogP) is 2.47. The Morgan fingerprint density at radius 3 is 2.58 bits per heavy atom. The van der Waals surface area contributed by atoms with Gasteiger partial charge in [0.1, 0.15) is 5.82 Å². The van der Waals surface area contributed by atoms with Gasteiger partial charge in [-0.05, 0) is 42.5 Å². The SMILES string of the molecule is O=C(NC1CCN(S(=O)(=O)c2cccc(F)c2)CC1)c1cccs1. The van der Waals surface area contributed by atoms with E-state index >= 15 is 0 Å². The Morgan fingerprint density at radius 2 is 1.96 bits per heavy atom. The number of carbonyl (C=O) groups is 1. The highest BCUT2D eigenvalue weighted by molar-refractivity contribution is 7.89. The number of benzene rings is 1. The van der Waals surface area contributed by atoms with Crippen LogP contribution in [-0.2, 0) is 10.0 Å². The van der Waals surface area contributed by atoms with Gasteiger partial charge in [-0.25, -0.2) is 12.8 Å². The summed E-state index contributed by atoms with van der Waals surface area (Å²) in [6.07, 6.45) is 1.07. The van der Waals surface area contributed by atoms with Crippen LogP contribution in [0.5, 0.6) is 0 Å². The molecule has 1 aliphatic heterocycles. The summed E-state index contributed by atoms with van der Waals surface area (Å²) in [5, 5.41) is 4.77. The molecule has 0 bridgehead atoms. The van der Waals surface area contributed by atoms with Crippen molar-refractivity contribution in [3.63, 3.8) is 0 Å². The van der Waals surface area contributed by atoms with Crippen molar-refractivity contribution in [2.24, 2.45) is 0 Å². The molecule has 2 heterocycles. The number of amides is 1. The van der Waals surface area contributed by atoms with Crippen molar-refractivity contribution >= 4 is 27.3 Å². The maximum Gasteiger partial charge on any atom is 0.261 e. The van der Waals surface area contributed by atoms with Crippen LogP contribution in [0.1, 0.15) is 22.5 Å². The number of nitrogens with one attached hydrogen (secondary N) is 1. The van der Waals surface area contributed by atoms with Gasteiger partial charge < -0.3 is 5.32 Å². The van der Waals surface area contributed by atoms with Gasteiger partial charge in [0.25, 0.3) is 5.91 Å². The molecule has 0 aliphatic carbocycles. The van der Waals surface area contributed by atoms with Crippen LogP contribution in [0, 0.1) is 5.82 Å². The van der Waals surface area contributed by atoms with Crippen molar-refractivity contribution in [3.8, 4) is 0 Å². The second-order valence-corrected chi connectivity index (χ2v) is 8.47. The van der Waals surface area contributed by atoms with Crippen LogP contribution >= 0.6 is 11.3 Å². The largest absolute Gasteiger partial charge is 0.349 e. The quantitative estimate of drug-likeness (QED) is 0.902. The molecule has 24 heavy (non-hydrogen) atoms. The first-order valence-electron chi connectivity index (χ1n) is 7.57. The van der Waals surface area contributed by atoms with Crippen molar-refractivity contribution < 1.29 is 17.6 Å². The molecule has 3 rings (SSSR count). The highest BCUT2D eigenvalue weighted by atomic mass is 32.2. The van der Waals surface area contributed by atoms with Gasteiger partial charge in [0.15, 0.2) is 0 Å². The van der Waals surface area contributed by atoms with E-state index in [0.29, 0.717) is 30.8 Å². The van der Waals surface area contributed by atoms with Gasteiger partial charge in [-0.3, -0.25) is 4.79 Å². The first-order chi connectivity index (χ1) is 11.5. The van der Waals surface area contributed by atoms with E-state index in [-0.39, 0.29) is 16.8 Å². The molecular formula is C16H17FN2O3S2. The zero-order valence-electron chi connectivity index (χ0n) is 12.8. The number of rotatable bonds is 4. The normalized spacial score (nSPS) is 16.9. The third-order valence-electron chi connectivity index (χ3n) is 3.97. The van der Waals surface area contributed by atoms with Crippen LogP contribution in [0.25, 0.3) is 0 Å². The number of carbonyl (C=O) groups excluding carboxylic acids is 1. The molecule has 1 aliphatic rings. The topological polar surface area (TPSA) is 66.5 Å². The summed E-state index contributed by atoms with van der Waals surface area (Å²) < 4.78 is 39.7. The minimum atomic E-state index is -3.70. The molecule has 5 nitrogen and oxygen atoms in total. The number of sulfonamides is 1. The van der Waals surface area contributed by atoms with E-state index < -0.39 is 15.8 Å². The van der Waals surface area contributed by atoms with Crippen molar-refractivity contribution in [2.75, 3.05) is 13.1 Å². The zero-order chi connectivity index (χ0) is 17.2. The van der Waals surface area contributed by atoms with E-state index in [4.69, 9.17) is 0 Å². The summed E-state index contributed by atoms with van der Waals surface area (Å²) in [7, 11) is -3.70. The standard InChI is InChI=1S/C16H17FN2O3S2/c17-12-3-1-4-14(11-12)24(21,22)19-8-6-13(7-9-19)18-16(20)15-5-2-10-23-15/h1-5,10-11,13H,6-9H2,(H,18,20). The second kappa shape index (κ2) is 7.00. The summed E-state index contributed by atoms with van der Waals surface area (Å²) in [6.45, 7) is 0.600. The highest BCUT2D eigenvalue weighted by Crippen LogP contribution is 2.21. The Morgan fingerprint density at radius 1 is 1.21 bits per heavy atom. The van der Waals surface area contributed by atoms with Crippen LogP contribution in [-0.4, -0.2) is 37.8 Å². The molecule has 0 atom stereocenters. The molecule has 1 N–H and O–H groups in total. The van der Waals surface area contributed by atoms with Crippen molar-refractivity contribution in [1.29, 1.82) is 0 Å². The van der Waals surface area contributed by atoms with E-state index in [2.05, 4.69) is 5.32 Å². The Balaban J connectivity index is 1.61. The predicted molar refractivity (Wildman–Crippen MR) is 90.0 cm³/mol. The summed E-state index contributed by atoms with van der Waals surface area (Å²) in [5.74, 6) is -0.703. The molecule has 0 spiro atoms. The lowest BCUT2D eigenvalue weighted by molar-refractivity contribution is 0.0928. The van der Waals surface area contributed by atoms with E-state index in [1.165, 1.54) is 33.8 Å². The minimum Gasteiger partial charge on any atom is -0.349 e. The van der Waals surface area contributed by atoms with E-state index in [9.17, 15) is 17.6 Å². The van der Waals surface area contributed by atoms with Crippen LogP contribution in [0.3, 0.4) is 0 Å². The van der Waals surface area contributed by atoms with E-state index in [1.807, 2.05) is 11.4 Å². The number of hydrogen-bond acceptors (Lipinski definition) is 4. The molecule has 1 aromatic heterocycles. The molecule has 1 saturated heterocycles. The molecule has 0 radical (unpaired) electrons. The van der Waals surface area contributed by atoms with E-state index in [1.54, 1.807) is 6.07 Å². The van der Waals surface area contributed by atoms with Gasteiger partial charge in [0, 0.05) is 19.1 Å². The number of halogens is 1. The lowest BCUT2D eigenvalue weighted by atomic mass is 10.1. The first-order valence-corrected chi connectivity index (χ1v) is 9.89. The van der Waals surface area contributed by atoms with Crippen LogP contribution in [0.4, 0.5) is 4.39 Å². The second-order valence-electron chi connectivity index (χ2n) is 5.59. The third kappa shape index (κ3) is 3.66. The van der Waals surface area contributed by atoms with Crippen molar-refractivity contribution in [2.45, 2.75) is 23.8 Å². The lowest BCUT2D eigenvalue weighted by Gasteiger charge is -2.31. The summed E-state index contributed by atoms with van der Waals surface area (Å²) in [4.78, 5) is 12.6. The Kier molecular flexibility index (Phi) is 4.98. The first kappa shape index (κ1) is 17.1.